The Morgan fingerprint density at radius 3 is 2.57 bits per heavy atom. The van der Waals surface area contributed by atoms with Gasteiger partial charge in [0.15, 0.2) is 0 Å². The third-order valence-corrected chi connectivity index (χ3v) is 3.26. The van der Waals surface area contributed by atoms with E-state index in [0.717, 1.165) is 0 Å². The molecule has 0 N–H and O–H groups in total. The highest BCUT2D eigenvalue weighted by molar-refractivity contribution is 7.07. The summed E-state index contributed by atoms with van der Waals surface area (Å²) in [6.07, 6.45) is -4.99. The van der Waals surface area contributed by atoms with Gasteiger partial charge in [0, 0.05) is 13.0 Å². The van der Waals surface area contributed by atoms with E-state index in [9.17, 15) is 22.8 Å². The number of nitrogens with zero attached hydrogens (tertiary/aromatic N) is 1. The van der Waals surface area contributed by atoms with E-state index in [0.29, 0.717) is 10.5 Å². The van der Waals surface area contributed by atoms with Crippen LogP contribution in [0.4, 0.5) is 13.2 Å². The molecule has 0 saturated heterocycles. The van der Waals surface area contributed by atoms with Crippen LogP contribution in [0.1, 0.15) is 25.3 Å². The van der Waals surface area contributed by atoms with Crippen LogP contribution in [0.25, 0.3) is 0 Å². The van der Waals surface area contributed by atoms with Crippen LogP contribution >= 0.6 is 11.3 Å². The summed E-state index contributed by atoms with van der Waals surface area (Å²) in [6, 6.07) is 1.66. The molecular weight excluding hydrogens is 307 g/mol. The number of thiophene rings is 1. The van der Waals surface area contributed by atoms with Gasteiger partial charge in [-0.2, -0.15) is 24.5 Å². The van der Waals surface area contributed by atoms with E-state index < -0.39 is 24.6 Å². The minimum Gasteiger partial charge on any atom is -0.466 e. The highest BCUT2D eigenvalue weighted by Crippen LogP contribution is 2.20. The summed E-state index contributed by atoms with van der Waals surface area (Å²) in [5.41, 5.74) is 0.633. The molecule has 0 aliphatic heterocycles. The number of rotatable bonds is 7. The second kappa shape index (κ2) is 8.02. The Hall–Kier alpha value is -1.57. The first-order valence-electron chi connectivity index (χ1n) is 6.33. The fraction of sp³-hybridized carbons (Fsp3) is 0.538. The second-order valence-corrected chi connectivity index (χ2v) is 5.08. The lowest BCUT2D eigenvalue weighted by molar-refractivity contribution is -0.163. The van der Waals surface area contributed by atoms with Gasteiger partial charge in [-0.3, -0.25) is 9.59 Å². The summed E-state index contributed by atoms with van der Waals surface area (Å²) in [6.45, 7) is 0.343. The van der Waals surface area contributed by atoms with E-state index in [2.05, 4.69) is 4.74 Å². The van der Waals surface area contributed by atoms with Crippen molar-refractivity contribution in [3.05, 3.63) is 22.4 Å². The average Bonchev–Trinajstić information content (AvgIpc) is 2.87. The molecule has 0 unspecified atom stereocenters. The number of carbonyl (C=O) groups is 2. The minimum absolute atomic E-state index is 0.120. The van der Waals surface area contributed by atoms with Gasteiger partial charge < -0.3 is 9.64 Å². The average molecular weight is 323 g/mol. The molecule has 1 aromatic rings. The molecule has 21 heavy (non-hydrogen) atoms. The molecule has 0 spiro atoms. The van der Waals surface area contributed by atoms with E-state index in [4.69, 9.17) is 0 Å². The summed E-state index contributed by atoms with van der Waals surface area (Å²) in [7, 11) is 0. The molecule has 0 atom stereocenters. The van der Waals surface area contributed by atoms with E-state index in [1.165, 1.54) is 11.3 Å². The van der Waals surface area contributed by atoms with Crippen LogP contribution in [0.3, 0.4) is 0 Å². The van der Waals surface area contributed by atoms with Gasteiger partial charge in [-0.25, -0.2) is 0 Å². The van der Waals surface area contributed by atoms with E-state index in [1.54, 1.807) is 23.8 Å². The van der Waals surface area contributed by atoms with Gasteiger partial charge in [0.1, 0.15) is 6.54 Å². The topological polar surface area (TPSA) is 46.6 Å². The third kappa shape index (κ3) is 7.12. The molecule has 0 fully saturated rings. The number of halogens is 3. The number of hydrogen-bond acceptors (Lipinski definition) is 4. The van der Waals surface area contributed by atoms with Crippen molar-refractivity contribution in [1.82, 2.24) is 4.90 Å². The minimum atomic E-state index is -4.48. The monoisotopic (exact) mass is 323 g/mol. The van der Waals surface area contributed by atoms with Crippen molar-refractivity contribution in [1.29, 1.82) is 0 Å². The van der Waals surface area contributed by atoms with Gasteiger partial charge in [-0.1, -0.05) is 0 Å². The van der Waals surface area contributed by atoms with Crippen molar-refractivity contribution in [2.45, 2.75) is 32.5 Å². The number of amides is 1. The fourth-order valence-electron chi connectivity index (χ4n) is 1.65. The smallest absolute Gasteiger partial charge is 0.406 e. The Labute approximate surface area is 124 Å². The number of alkyl halides is 3. The van der Waals surface area contributed by atoms with Crippen LogP contribution in [-0.4, -0.2) is 36.1 Å². The van der Waals surface area contributed by atoms with Crippen LogP contribution in [0.15, 0.2) is 16.8 Å². The van der Waals surface area contributed by atoms with Crippen LogP contribution in [0, 0.1) is 0 Å². The molecule has 4 nitrogen and oxygen atoms in total. The molecule has 1 rings (SSSR count). The van der Waals surface area contributed by atoms with Gasteiger partial charge in [-0.15, -0.1) is 0 Å². The molecule has 1 amide bonds. The van der Waals surface area contributed by atoms with Crippen LogP contribution in [0.2, 0.25) is 0 Å². The summed E-state index contributed by atoms with van der Waals surface area (Å²) >= 11 is 1.34. The zero-order valence-electron chi connectivity index (χ0n) is 11.5. The van der Waals surface area contributed by atoms with Crippen LogP contribution < -0.4 is 0 Å². The van der Waals surface area contributed by atoms with Crippen molar-refractivity contribution in [3.63, 3.8) is 0 Å². The molecule has 118 valence electrons. The first-order valence-corrected chi connectivity index (χ1v) is 7.27. The van der Waals surface area contributed by atoms with Gasteiger partial charge in [0.05, 0.1) is 13.0 Å². The summed E-state index contributed by atoms with van der Waals surface area (Å²) in [5.74, 6) is -1.31. The molecule has 0 radical (unpaired) electrons. The highest BCUT2D eigenvalue weighted by Gasteiger charge is 2.33. The van der Waals surface area contributed by atoms with Gasteiger partial charge in [0.25, 0.3) is 0 Å². The van der Waals surface area contributed by atoms with Crippen LogP contribution in [-0.2, 0) is 20.9 Å². The van der Waals surface area contributed by atoms with Crippen LogP contribution in [0.5, 0.6) is 0 Å². The fourth-order valence-corrected chi connectivity index (χ4v) is 2.31. The summed E-state index contributed by atoms with van der Waals surface area (Å²) in [5, 5.41) is 3.41. The molecule has 0 saturated carbocycles. The Morgan fingerprint density at radius 2 is 2.05 bits per heavy atom. The molecular formula is C13H16F3NO3S. The number of esters is 1. The van der Waals surface area contributed by atoms with Crippen molar-refractivity contribution in [3.8, 4) is 0 Å². The zero-order valence-corrected chi connectivity index (χ0v) is 12.3. The number of ether oxygens (including phenoxy) is 1. The maximum absolute atomic E-state index is 12.5. The standard InChI is InChI=1S/C13H16F3NO3S/c1-2-20-12(19)4-3-11(18)17(9-13(14,15)16)7-10-5-6-21-8-10/h5-6,8H,2-4,7,9H2,1H3. The zero-order chi connectivity index (χ0) is 15.9. The maximum atomic E-state index is 12.5. The Morgan fingerprint density at radius 1 is 1.33 bits per heavy atom. The van der Waals surface area contributed by atoms with Gasteiger partial charge in [-0.05, 0) is 29.3 Å². The second-order valence-electron chi connectivity index (χ2n) is 4.30. The normalized spacial score (nSPS) is 11.2. The number of carbonyl (C=O) groups excluding carboxylic acids is 2. The Bertz CT molecular complexity index is 460. The SMILES string of the molecule is CCOC(=O)CCC(=O)N(Cc1ccsc1)CC(F)(F)F. The predicted octanol–water partition coefficient (Wildman–Crippen LogP) is 2.98. The molecule has 0 aliphatic carbocycles. The lowest BCUT2D eigenvalue weighted by Gasteiger charge is -2.23. The summed E-state index contributed by atoms with van der Waals surface area (Å²) < 4.78 is 42.2. The number of hydrogen-bond donors (Lipinski definition) is 0. The summed E-state index contributed by atoms with van der Waals surface area (Å²) in [4.78, 5) is 23.7. The van der Waals surface area contributed by atoms with Gasteiger partial charge in [0.2, 0.25) is 5.91 Å². The largest absolute Gasteiger partial charge is 0.466 e. The maximum Gasteiger partial charge on any atom is 0.406 e. The van der Waals surface area contributed by atoms with Crippen molar-refractivity contribution < 1.29 is 27.5 Å². The molecule has 1 heterocycles. The van der Waals surface area contributed by atoms with E-state index in [1.807, 2.05) is 0 Å². The molecule has 0 aromatic carbocycles. The Balaban J connectivity index is 2.62. The van der Waals surface area contributed by atoms with Crippen molar-refractivity contribution in [2.75, 3.05) is 13.2 Å². The molecule has 0 aliphatic rings. The van der Waals surface area contributed by atoms with E-state index in [-0.39, 0.29) is 26.0 Å². The predicted molar refractivity (Wildman–Crippen MR) is 71.7 cm³/mol. The van der Waals surface area contributed by atoms with E-state index >= 15 is 0 Å². The third-order valence-electron chi connectivity index (χ3n) is 2.52. The van der Waals surface area contributed by atoms with Crippen molar-refractivity contribution in [2.24, 2.45) is 0 Å². The lowest BCUT2D eigenvalue weighted by Crippen LogP contribution is -2.38. The molecule has 0 bridgehead atoms. The molecule has 1 aromatic heterocycles. The van der Waals surface area contributed by atoms with Crippen molar-refractivity contribution >= 4 is 23.2 Å². The van der Waals surface area contributed by atoms with Gasteiger partial charge >= 0.3 is 12.1 Å². The quantitative estimate of drug-likeness (QED) is 0.725. The Kier molecular flexibility index (Phi) is 6.67. The highest BCUT2D eigenvalue weighted by atomic mass is 32.1. The first-order chi connectivity index (χ1) is 9.81. The first kappa shape index (κ1) is 17.5. The molecule has 8 heteroatoms. The lowest BCUT2D eigenvalue weighted by atomic mass is 10.2.